The lowest BCUT2D eigenvalue weighted by molar-refractivity contribution is -0.126. The molecule has 96 valence electrons. The largest absolute Gasteiger partial charge is 0.375 e. The summed E-state index contributed by atoms with van der Waals surface area (Å²) in [6, 6.07) is 0.0411. The van der Waals surface area contributed by atoms with Crippen molar-refractivity contribution in [3.63, 3.8) is 0 Å². The maximum Gasteiger partial charge on any atom is 0.246 e. The van der Waals surface area contributed by atoms with Crippen LogP contribution in [0, 0.1) is 5.41 Å². The molecule has 1 aromatic heterocycles. The van der Waals surface area contributed by atoms with Crippen LogP contribution in [0.15, 0.2) is 18.7 Å². The third-order valence-electron chi connectivity index (χ3n) is 2.61. The fourth-order valence-corrected chi connectivity index (χ4v) is 1.51. The Kier molecular flexibility index (Phi) is 4.69. The predicted octanol–water partition coefficient (Wildman–Crippen LogP) is 1.06. The standard InChI is InChI=1S/C12H21N3O2/c1-12(2,3)10(14-11(16)8-17-4)7-15-6-5-13-9-15/h5-6,9-10H,7-8H2,1-4H3,(H,14,16). The van der Waals surface area contributed by atoms with Gasteiger partial charge in [0.2, 0.25) is 5.91 Å². The molecule has 1 aromatic rings. The summed E-state index contributed by atoms with van der Waals surface area (Å²) in [5.74, 6) is -0.0902. The van der Waals surface area contributed by atoms with E-state index in [4.69, 9.17) is 4.74 Å². The van der Waals surface area contributed by atoms with Crippen LogP contribution in [0.2, 0.25) is 0 Å². The molecule has 1 unspecified atom stereocenters. The van der Waals surface area contributed by atoms with Crippen LogP contribution in [0.1, 0.15) is 20.8 Å². The molecule has 5 nitrogen and oxygen atoms in total. The molecule has 0 radical (unpaired) electrons. The molecular weight excluding hydrogens is 218 g/mol. The van der Waals surface area contributed by atoms with E-state index in [0.29, 0.717) is 6.54 Å². The van der Waals surface area contributed by atoms with Crippen molar-refractivity contribution < 1.29 is 9.53 Å². The van der Waals surface area contributed by atoms with Crippen LogP contribution in [0.3, 0.4) is 0 Å². The average Bonchev–Trinajstić information content (AvgIpc) is 2.68. The summed E-state index contributed by atoms with van der Waals surface area (Å²) < 4.78 is 6.78. The number of nitrogens with zero attached hydrogens (tertiary/aromatic N) is 2. The van der Waals surface area contributed by atoms with E-state index in [0.717, 1.165) is 0 Å². The minimum absolute atomic E-state index is 0.0202. The highest BCUT2D eigenvalue weighted by Crippen LogP contribution is 2.20. The summed E-state index contributed by atoms with van der Waals surface area (Å²) in [6.45, 7) is 7.10. The normalized spacial score (nSPS) is 13.4. The molecule has 5 heteroatoms. The van der Waals surface area contributed by atoms with E-state index in [9.17, 15) is 4.79 Å². The van der Waals surface area contributed by atoms with Crippen molar-refractivity contribution in [3.8, 4) is 0 Å². The third-order valence-corrected chi connectivity index (χ3v) is 2.61. The molecule has 0 saturated heterocycles. The number of carbonyl (C=O) groups is 1. The summed E-state index contributed by atoms with van der Waals surface area (Å²) in [5.41, 5.74) is -0.0202. The Balaban J connectivity index is 2.65. The Morgan fingerprint density at radius 2 is 2.24 bits per heavy atom. The second kappa shape index (κ2) is 5.82. The molecule has 0 spiro atoms. The highest BCUT2D eigenvalue weighted by Gasteiger charge is 2.26. The summed E-state index contributed by atoms with van der Waals surface area (Å²) >= 11 is 0. The lowest BCUT2D eigenvalue weighted by Crippen LogP contribution is -2.47. The number of rotatable bonds is 5. The molecule has 1 atom stereocenters. The van der Waals surface area contributed by atoms with E-state index < -0.39 is 0 Å². The fraction of sp³-hybridized carbons (Fsp3) is 0.667. The molecule has 0 aromatic carbocycles. The number of ether oxygens (including phenoxy) is 1. The first kappa shape index (κ1) is 13.7. The van der Waals surface area contributed by atoms with Gasteiger partial charge in [0.25, 0.3) is 0 Å². The van der Waals surface area contributed by atoms with Crippen molar-refractivity contribution in [1.82, 2.24) is 14.9 Å². The number of hydrogen-bond donors (Lipinski definition) is 1. The van der Waals surface area contributed by atoms with Gasteiger partial charge in [0.1, 0.15) is 6.61 Å². The minimum Gasteiger partial charge on any atom is -0.375 e. The van der Waals surface area contributed by atoms with Gasteiger partial charge in [0.05, 0.1) is 12.4 Å². The fourth-order valence-electron chi connectivity index (χ4n) is 1.51. The molecular formula is C12H21N3O2. The van der Waals surface area contributed by atoms with Gasteiger partial charge in [-0.3, -0.25) is 4.79 Å². The van der Waals surface area contributed by atoms with Crippen LogP contribution in [0.25, 0.3) is 0 Å². The zero-order chi connectivity index (χ0) is 12.9. The summed E-state index contributed by atoms with van der Waals surface area (Å²) in [7, 11) is 1.52. The van der Waals surface area contributed by atoms with E-state index in [2.05, 4.69) is 31.1 Å². The Morgan fingerprint density at radius 3 is 2.71 bits per heavy atom. The van der Waals surface area contributed by atoms with Gasteiger partial charge in [0.15, 0.2) is 0 Å². The third kappa shape index (κ3) is 4.56. The minimum atomic E-state index is -0.0902. The van der Waals surface area contributed by atoms with Gasteiger partial charge in [-0.05, 0) is 5.41 Å². The first-order valence-electron chi connectivity index (χ1n) is 5.67. The zero-order valence-electron chi connectivity index (χ0n) is 10.9. The number of hydrogen-bond acceptors (Lipinski definition) is 3. The molecule has 17 heavy (non-hydrogen) atoms. The van der Waals surface area contributed by atoms with Crippen LogP contribution in [0.4, 0.5) is 0 Å². The Labute approximate surface area is 102 Å². The Bertz CT molecular complexity index is 341. The molecule has 1 amide bonds. The number of carbonyl (C=O) groups excluding carboxylic acids is 1. The molecule has 0 aliphatic rings. The van der Waals surface area contributed by atoms with Gasteiger partial charge in [-0.15, -0.1) is 0 Å². The lowest BCUT2D eigenvalue weighted by Gasteiger charge is -2.31. The molecule has 0 aliphatic carbocycles. The van der Waals surface area contributed by atoms with Crippen molar-refractivity contribution >= 4 is 5.91 Å². The van der Waals surface area contributed by atoms with E-state index in [1.54, 1.807) is 12.5 Å². The molecule has 0 fully saturated rings. The van der Waals surface area contributed by atoms with Gasteiger partial charge in [-0.2, -0.15) is 0 Å². The van der Waals surface area contributed by atoms with Crippen LogP contribution in [-0.4, -0.2) is 35.2 Å². The predicted molar refractivity (Wildman–Crippen MR) is 65.5 cm³/mol. The maximum atomic E-state index is 11.6. The van der Waals surface area contributed by atoms with E-state index in [1.807, 2.05) is 10.8 Å². The smallest absolute Gasteiger partial charge is 0.246 e. The topological polar surface area (TPSA) is 56.1 Å². The summed E-state index contributed by atoms with van der Waals surface area (Å²) in [6.07, 6.45) is 5.37. The average molecular weight is 239 g/mol. The Hall–Kier alpha value is -1.36. The van der Waals surface area contributed by atoms with Gasteiger partial charge in [-0.25, -0.2) is 4.98 Å². The number of nitrogens with one attached hydrogen (secondary N) is 1. The SMILES string of the molecule is COCC(=O)NC(Cn1ccnc1)C(C)(C)C. The zero-order valence-corrected chi connectivity index (χ0v) is 10.9. The van der Waals surface area contributed by atoms with Crippen LogP contribution in [-0.2, 0) is 16.1 Å². The lowest BCUT2D eigenvalue weighted by atomic mass is 9.86. The number of methoxy groups -OCH3 is 1. The highest BCUT2D eigenvalue weighted by molar-refractivity contribution is 5.77. The Morgan fingerprint density at radius 1 is 1.53 bits per heavy atom. The number of imidazole rings is 1. The van der Waals surface area contributed by atoms with E-state index in [1.165, 1.54) is 7.11 Å². The van der Waals surface area contributed by atoms with Crippen molar-refractivity contribution in [2.45, 2.75) is 33.4 Å². The van der Waals surface area contributed by atoms with Gasteiger partial charge in [-0.1, -0.05) is 20.8 Å². The highest BCUT2D eigenvalue weighted by atomic mass is 16.5. The van der Waals surface area contributed by atoms with Gasteiger partial charge in [0, 0.05) is 26.0 Å². The second-order valence-electron chi connectivity index (χ2n) is 5.18. The van der Waals surface area contributed by atoms with Crippen LogP contribution >= 0.6 is 0 Å². The van der Waals surface area contributed by atoms with Crippen molar-refractivity contribution in [1.29, 1.82) is 0 Å². The van der Waals surface area contributed by atoms with Crippen LogP contribution < -0.4 is 5.32 Å². The first-order chi connectivity index (χ1) is 7.93. The number of amides is 1. The second-order valence-corrected chi connectivity index (χ2v) is 5.18. The monoisotopic (exact) mass is 239 g/mol. The molecule has 1 N–H and O–H groups in total. The van der Waals surface area contributed by atoms with Crippen molar-refractivity contribution in [2.24, 2.45) is 5.41 Å². The van der Waals surface area contributed by atoms with E-state index in [-0.39, 0.29) is 24.0 Å². The summed E-state index contributed by atoms with van der Waals surface area (Å²) in [4.78, 5) is 15.6. The molecule has 0 aliphatic heterocycles. The summed E-state index contributed by atoms with van der Waals surface area (Å²) in [5, 5.41) is 2.98. The van der Waals surface area contributed by atoms with E-state index >= 15 is 0 Å². The quantitative estimate of drug-likeness (QED) is 0.836. The van der Waals surface area contributed by atoms with Crippen LogP contribution in [0.5, 0.6) is 0 Å². The first-order valence-corrected chi connectivity index (χ1v) is 5.67. The van der Waals surface area contributed by atoms with Crippen molar-refractivity contribution in [2.75, 3.05) is 13.7 Å². The molecule has 1 heterocycles. The molecule has 0 bridgehead atoms. The molecule has 1 rings (SSSR count). The maximum absolute atomic E-state index is 11.6. The molecule has 0 saturated carbocycles. The van der Waals surface area contributed by atoms with Gasteiger partial charge < -0.3 is 14.6 Å². The van der Waals surface area contributed by atoms with Crippen molar-refractivity contribution in [3.05, 3.63) is 18.7 Å². The number of aromatic nitrogens is 2. The van der Waals surface area contributed by atoms with Gasteiger partial charge >= 0.3 is 0 Å².